The van der Waals surface area contributed by atoms with Gasteiger partial charge in [-0.15, -0.1) is 0 Å². The SMILES string of the molecule is O=C(N1CCCC1)N1CCCC(c2nccn2Cc2ccccn2)C1. The molecule has 2 aliphatic rings. The number of hydrogen-bond acceptors (Lipinski definition) is 3. The lowest BCUT2D eigenvalue weighted by Gasteiger charge is -2.35. The van der Waals surface area contributed by atoms with E-state index in [0.717, 1.165) is 69.9 Å². The zero-order valence-electron chi connectivity index (χ0n) is 14.5. The van der Waals surface area contributed by atoms with Gasteiger partial charge in [0.05, 0.1) is 12.2 Å². The molecule has 25 heavy (non-hydrogen) atoms. The Hall–Kier alpha value is -2.37. The summed E-state index contributed by atoms with van der Waals surface area (Å²) in [5, 5.41) is 0. The number of carbonyl (C=O) groups is 1. The smallest absolute Gasteiger partial charge is 0.320 e. The molecule has 4 rings (SSSR count). The van der Waals surface area contributed by atoms with Crippen LogP contribution in [0.1, 0.15) is 43.1 Å². The average Bonchev–Trinajstić information content (AvgIpc) is 3.34. The van der Waals surface area contributed by atoms with Crippen LogP contribution in [0.3, 0.4) is 0 Å². The van der Waals surface area contributed by atoms with Crippen LogP contribution in [0.2, 0.25) is 0 Å². The largest absolute Gasteiger partial charge is 0.329 e. The Labute approximate surface area is 148 Å². The van der Waals surface area contributed by atoms with Crippen molar-refractivity contribution in [2.75, 3.05) is 26.2 Å². The number of imidazole rings is 1. The van der Waals surface area contributed by atoms with E-state index in [9.17, 15) is 4.79 Å². The Morgan fingerprint density at radius 2 is 1.88 bits per heavy atom. The zero-order valence-corrected chi connectivity index (χ0v) is 14.5. The van der Waals surface area contributed by atoms with Crippen molar-refractivity contribution < 1.29 is 4.79 Å². The molecule has 0 aromatic carbocycles. The number of nitrogens with zero attached hydrogens (tertiary/aromatic N) is 5. The van der Waals surface area contributed by atoms with Gasteiger partial charge in [0, 0.05) is 50.7 Å². The van der Waals surface area contributed by atoms with Gasteiger partial charge in [0.25, 0.3) is 0 Å². The predicted molar refractivity (Wildman–Crippen MR) is 95.3 cm³/mol. The van der Waals surface area contributed by atoms with Crippen LogP contribution in [0.4, 0.5) is 4.79 Å². The molecule has 0 N–H and O–H groups in total. The number of carbonyl (C=O) groups excluding carboxylic acids is 1. The molecule has 0 spiro atoms. The van der Waals surface area contributed by atoms with Gasteiger partial charge in [0.15, 0.2) is 0 Å². The van der Waals surface area contributed by atoms with Crippen LogP contribution >= 0.6 is 0 Å². The van der Waals surface area contributed by atoms with Crippen LogP contribution in [0.15, 0.2) is 36.8 Å². The molecular formula is C19H25N5O. The summed E-state index contributed by atoms with van der Waals surface area (Å²) >= 11 is 0. The molecule has 0 bridgehead atoms. The molecule has 6 heteroatoms. The normalized spacial score (nSPS) is 20.9. The minimum Gasteiger partial charge on any atom is -0.329 e. The standard InChI is InChI=1S/C19H25N5O/c25-19(22-10-3-4-11-22)24-12-5-6-16(14-24)18-21-9-13-23(18)15-17-7-1-2-8-20-17/h1-2,7-9,13,16H,3-6,10-12,14-15H2. The van der Waals surface area contributed by atoms with Crippen LogP contribution in [0.25, 0.3) is 0 Å². The Morgan fingerprint density at radius 1 is 1.04 bits per heavy atom. The predicted octanol–water partition coefficient (Wildman–Crippen LogP) is 2.72. The lowest BCUT2D eigenvalue weighted by Crippen LogP contribution is -2.46. The molecule has 6 nitrogen and oxygen atoms in total. The van der Waals surface area contributed by atoms with E-state index in [1.807, 2.05) is 46.6 Å². The molecule has 0 aliphatic carbocycles. The summed E-state index contributed by atoms with van der Waals surface area (Å²) in [6.07, 6.45) is 10.1. The highest BCUT2D eigenvalue weighted by molar-refractivity contribution is 5.74. The third-order valence-corrected chi connectivity index (χ3v) is 5.24. The van der Waals surface area contributed by atoms with Gasteiger partial charge in [0.2, 0.25) is 0 Å². The first-order valence-electron chi connectivity index (χ1n) is 9.26. The first-order chi connectivity index (χ1) is 12.3. The monoisotopic (exact) mass is 339 g/mol. The molecular weight excluding hydrogens is 314 g/mol. The highest BCUT2D eigenvalue weighted by Gasteiger charge is 2.30. The summed E-state index contributed by atoms with van der Waals surface area (Å²) in [7, 11) is 0. The molecule has 2 fully saturated rings. The van der Waals surface area contributed by atoms with E-state index < -0.39 is 0 Å². The van der Waals surface area contributed by atoms with Crippen LogP contribution in [-0.4, -0.2) is 56.5 Å². The van der Waals surface area contributed by atoms with E-state index in [0.29, 0.717) is 5.92 Å². The first-order valence-corrected chi connectivity index (χ1v) is 9.26. The molecule has 1 atom stereocenters. The lowest BCUT2D eigenvalue weighted by atomic mass is 9.97. The van der Waals surface area contributed by atoms with Gasteiger partial charge in [-0.2, -0.15) is 0 Å². The topological polar surface area (TPSA) is 54.3 Å². The summed E-state index contributed by atoms with van der Waals surface area (Å²) in [5.41, 5.74) is 1.03. The van der Waals surface area contributed by atoms with E-state index in [1.165, 1.54) is 0 Å². The Bertz CT molecular complexity index is 708. The Balaban J connectivity index is 1.46. The van der Waals surface area contributed by atoms with Crippen LogP contribution in [-0.2, 0) is 6.54 Å². The third-order valence-electron chi connectivity index (χ3n) is 5.24. The lowest BCUT2D eigenvalue weighted by molar-refractivity contribution is 0.145. The fourth-order valence-electron chi connectivity index (χ4n) is 3.95. The van der Waals surface area contributed by atoms with E-state index in [-0.39, 0.29) is 6.03 Å². The quantitative estimate of drug-likeness (QED) is 0.864. The van der Waals surface area contributed by atoms with Gasteiger partial charge in [0.1, 0.15) is 5.82 Å². The van der Waals surface area contributed by atoms with Gasteiger partial charge >= 0.3 is 6.03 Å². The average molecular weight is 339 g/mol. The second-order valence-electron chi connectivity index (χ2n) is 7.00. The van der Waals surface area contributed by atoms with E-state index in [2.05, 4.69) is 14.5 Å². The van der Waals surface area contributed by atoms with Crippen molar-refractivity contribution in [3.8, 4) is 0 Å². The Morgan fingerprint density at radius 3 is 2.68 bits per heavy atom. The number of urea groups is 1. The number of rotatable bonds is 3. The summed E-state index contributed by atoms with van der Waals surface area (Å²) < 4.78 is 2.18. The van der Waals surface area contributed by atoms with Gasteiger partial charge in [-0.05, 0) is 37.8 Å². The van der Waals surface area contributed by atoms with Crippen molar-refractivity contribution in [3.63, 3.8) is 0 Å². The van der Waals surface area contributed by atoms with Crippen molar-refractivity contribution in [2.45, 2.75) is 38.1 Å². The maximum absolute atomic E-state index is 12.7. The molecule has 4 heterocycles. The molecule has 1 unspecified atom stereocenters. The van der Waals surface area contributed by atoms with E-state index >= 15 is 0 Å². The van der Waals surface area contributed by atoms with E-state index in [1.54, 1.807) is 0 Å². The van der Waals surface area contributed by atoms with Crippen molar-refractivity contribution in [3.05, 3.63) is 48.3 Å². The zero-order chi connectivity index (χ0) is 17.1. The maximum atomic E-state index is 12.7. The number of amides is 2. The fourth-order valence-corrected chi connectivity index (χ4v) is 3.95. The van der Waals surface area contributed by atoms with Gasteiger partial charge in [-0.3, -0.25) is 4.98 Å². The van der Waals surface area contributed by atoms with Crippen molar-refractivity contribution in [1.82, 2.24) is 24.3 Å². The molecule has 0 radical (unpaired) electrons. The van der Waals surface area contributed by atoms with E-state index in [4.69, 9.17) is 0 Å². The second kappa shape index (κ2) is 7.25. The number of piperidine rings is 1. The fraction of sp³-hybridized carbons (Fsp3) is 0.526. The first kappa shape index (κ1) is 16.1. The molecule has 2 aromatic rings. The van der Waals surface area contributed by atoms with Crippen LogP contribution < -0.4 is 0 Å². The number of likely N-dealkylation sites (tertiary alicyclic amines) is 2. The molecule has 2 aromatic heterocycles. The number of pyridine rings is 1. The third kappa shape index (κ3) is 3.52. The highest BCUT2D eigenvalue weighted by Crippen LogP contribution is 2.27. The summed E-state index contributed by atoms with van der Waals surface area (Å²) in [5.74, 6) is 1.38. The van der Waals surface area contributed by atoms with Gasteiger partial charge < -0.3 is 14.4 Å². The van der Waals surface area contributed by atoms with Gasteiger partial charge in [-0.1, -0.05) is 6.07 Å². The van der Waals surface area contributed by atoms with Crippen LogP contribution in [0, 0.1) is 0 Å². The molecule has 0 saturated carbocycles. The second-order valence-corrected chi connectivity index (χ2v) is 7.00. The molecule has 132 valence electrons. The number of aromatic nitrogens is 3. The van der Waals surface area contributed by atoms with Gasteiger partial charge in [-0.25, -0.2) is 9.78 Å². The summed E-state index contributed by atoms with van der Waals surface area (Å²) in [4.78, 5) is 25.8. The number of hydrogen-bond donors (Lipinski definition) is 0. The molecule has 2 amide bonds. The summed E-state index contributed by atoms with van der Waals surface area (Å²) in [6.45, 7) is 4.19. The molecule has 2 saturated heterocycles. The minimum atomic E-state index is 0.213. The maximum Gasteiger partial charge on any atom is 0.320 e. The Kier molecular flexibility index (Phi) is 4.68. The summed E-state index contributed by atoms with van der Waals surface area (Å²) in [6, 6.07) is 6.19. The van der Waals surface area contributed by atoms with Crippen molar-refractivity contribution in [1.29, 1.82) is 0 Å². The minimum absolute atomic E-state index is 0.213. The highest BCUT2D eigenvalue weighted by atomic mass is 16.2. The van der Waals surface area contributed by atoms with Crippen molar-refractivity contribution in [2.24, 2.45) is 0 Å². The molecule has 2 aliphatic heterocycles. The van der Waals surface area contributed by atoms with Crippen molar-refractivity contribution >= 4 is 6.03 Å². The van der Waals surface area contributed by atoms with Crippen LogP contribution in [0.5, 0.6) is 0 Å².